The molecule has 2 aromatic carbocycles. The molecule has 3 amide bonds. The molecule has 8 rings (SSSR count). The Kier molecular flexibility index (Phi) is 14.8. The minimum Gasteiger partial charge on any atom is -0.471 e. The van der Waals surface area contributed by atoms with E-state index in [1.165, 1.54) is 14.2 Å². The molecular weight excluding hydrogens is 827 g/mol. The highest BCUT2D eigenvalue weighted by molar-refractivity contribution is 5.92. The standard InChI is InChI=1S/C46H59N9O5.C2H4O2.CH4/c1-10-17-53(43(56)39(47-8)25(2)3)24-38-48-22-33(50-38)28-12-14-35-30(18-28)19-36-32-13-11-29(20-37(32)60-27(6)54(35)36)34-23-49-42(51-34)41-46(7)16-15-31(21-46)55(41)44(57)40(26(4)5)52-45(58)59-9;1-4-2-3;/h11-14,18-20,22-23,25-27,31,39-41,47H,10,15-17,21,24H2,1-9H3,(H,48,50)(H,49,51)(H,52,58);2H,1H3;1H4/t27?,31-,39?,40+,41?,46?;;/m1../s1. The molecule has 16 nitrogen and oxygen atoms in total. The second kappa shape index (κ2) is 19.9. The maximum Gasteiger partial charge on any atom is 0.407 e. The van der Waals surface area contributed by atoms with Crippen molar-refractivity contribution in [3.8, 4) is 39.5 Å². The van der Waals surface area contributed by atoms with Gasteiger partial charge >= 0.3 is 6.09 Å². The number of hydrogen-bond donors (Lipinski definition) is 4. The summed E-state index contributed by atoms with van der Waals surface area (Å²) < 4.78 is 17.6. The van der Waals surface area contributed by atoms with Crippen molar-refractivity contribution in [1.29, 1.82) is 0 Å². The van der Waals surface area contributed by atoms with Gasteiger partial charge in [-0.3, -0.25) is 14.4 Å². The number of amides is 3. The van der Waals surface area contributed by atoms with Crippen molar-refractivity contribution in [2.45, 2.75) is 119 Å². The van der Waals surface area contributed by atoms with Crippen molar-refractivity contribution in [3.05, 3.63) is 66.5 Å². The van der Waals surface area contributed by atoms with Gasteiger partial charge in [0.15, 0.2) is 6.23 Å². The van der Waals surface area contributed by atoms with Crippen LogP contribution in [0.4, 0.5) is 4.79 Å². The Morgan fingerprint density at radius 3 is 2.34 bits per heavy atom. The molecule has 0 radical (unpaired) electrons. The summed E-state index contributed by atoms with van der Waals surface area (Å²) in [5.74, 6) is 2.32. The Morgan fingerprint density at radius 2 is 1.68 bits per heavy atom. The summed E-state index contributed by atoms with van der Waals surface area (Å²) in [6.07, 6.45) is 6.50. The summed E-state index contributed by atoms with van der Waals surface area (Å²) in [5, 5.41) is 7.05. The van der Waals surface area contributed by atoms with Crippen LogP contribution in [0.2, 0.25) is 0 Å². The zero-order valence-electron chi connectivity index (χ0n) is 38.7. The van der Waals surface area contributed by atoms with Crippen LogP contribution in [0.15, 0.2) is 54.9 Å². The van der Waals surface area contributed by atoms with Crippen molar-refractivity contribution in [3.63, 3.8) is 0 Å². The van der Waals surface area contributed by atoms with Gasteiger partial charge in [-0.2, -0.15) is 0 Å². The average molecular weight is 894 g/mol. The summed E-state index contributed by atoms with van der Waals surface area (Å²) in [4.78, 5) is 69.3. The smallest absolute Gasteiger partial charge is 0.407 e. The van der Waals surface area contributed by atoms with Crippen molar-refractivity contribution in [1.82, 2.24) is 44.9 Å². The number of nitrogens with zero attached hydrogens (tertiary/aromatic N) is 5. The summed E-state index contributed by atoms with van der Waals surface area (Å²) in [6, 6.07) is 13.8. The van der Waals surface area contributed by atoms with E-state index in [0.717, 1.165) is 87.8 Å². The van der Waals surface area contributed by atoms with Gasteiger partial charge in [0, 0.05) is 34.7 Å². The molecule has 1 saturated carbocycles. The van der Waals surface area contributed by atoms with E-state index < -0.39 is 12.1 Å². The molecule has 1 aliphatic carbocycles. The summed E-state index contributed by atoms with van der Waals surface area (Å²) in [5.41, 5.74) is 6.68. The third-order valence-corrected chi connectivity index (χ3v) is 13.1. The normalized spacial score (nSPS) is 20.2. The number of aromatic amines is 2. The molecule has 2 aliphatic heterocycles. The summed E-state index contributed by atoms with van der Waals surface area (Å²) in [6.45, 7) is 15.8. The van der Waals surface area contributed by atoms with Gasteiger partial charge in [-0.15, -0.1) is 0 Å². The molecule has 3 aromatic heterocycles. The zero-order valence-corrected chi connectivity index (χ0v) is 38.7. The van der Waals surface area contributed by atoms with Crippen molar-refractivity contribution < 1.29 is 33.4 Å². The van der Waals surface area contributed by atoms with Gasteiger partial charge in [-0.25, -0.2) is 14.8 Å². The number of piperidine rings is 1. The number of alkyl carbamates (subject to hydrolysis) is 1. The van der Waals surface area contributed by atoms with Crippen LogP contribution in [-0.2, 0) is 30.4 Å². The minimum atomic E-state index is -0.705. The molecule has 3 aliphatic rings. The lowest BCUT2D eigenvalue weighted by molar-refractivity contribution is -0.140. The second-order valence-electron chi connectivity index (χ2n) is 18.2. The van der Waals surface area contributed by atoms with E-state index in [1.54, 1.807) is 0 Å². The van der Waals surface area contributed by atoms with E-state index in [2.05, 4.69) is 112 Å². The lowest BCUT2D eigenvalue weighted by Crippen LogP contribution is -2.54. The average Bonchev–Trinajstić information content (AvgIpc) is 4.13. The van der Waals surface area contributed by atoms with Crippen LogP contribution in [-0.4, -0.2) is 105 Å². The molecule has 6 atom stereocenters. The number of likely N-dealkylation sites (N-methyl/N-ethyl adjacent to an activating group) is 1. The maximum absolute atomic E-state index is 14.2. The Hall–Kier alpha value is -6.16. The Bertz CT molecular complexity index is 2490. The van der Waals surface area contributed by atoms with Crippen molar-refractivity contribution >= 4 is 35.3 Å². The monoisotopic (exact) mass is 894 g/mol. The lowest BCUT2D eigenvalue weighted by atomic mass is 9.81. The summed E-state index contributed by atoms with van der Waals surface area (Å²) >= 11 is 0. The first kappa shape index (κ1) is 48.3. The molecule has 4 N–H and O–H groups in total. The van der Waals surface area contributed by atoms with Gasteiger partial charge in [-0.1, -0.05) is 61.1 Å². The van der Waals surface area contributed by atoms with E-state index in [9.17, 15) is 14.4 Å². The minimum absolute atomic E-state index is 0. The first-order valence-electron chi connectivity index (χ1n) is 22.3. The predicted molar refractivity (Wildman–Crippen MR) is 251 cm³/mol. The number of H-pyrrole nitrogens is 2. The topological polar surface area (TPSA) is 189 Å². The largest absolute Gasteiger partial charge is 0.471 e. The quantitative estimate of drug-likeness (QED) is 0.0791. The molecule has 5 aromatic rings. The van der Waals surface area contributed by atoms with Gasteiger partial charge in [0.1, 0.15) is 23.4 Å². The van der Waals surface area contributed by atoms with Crippen LogP contribution < -0.4 is 15.4 Å². The maximum atomic E-state index is 14.2. The molecule has 5 heterocycles. The first-order valence-corrected chi connectivity index (χ1v) is 22.3. The molecule has 2 bridgehead atoms. The third kappa shape index (κ3) is 9.36. The number of nitrogens with one attached hydrogen (secondary N) is 4. The van der Waals surface area contributed by atoms with Crippen molar-refractivity contribution in [2.75, 3.05) is 27.8 Å². The van der Waals surface area contributed by atoms with Gasteiger partial charge in [0.25, 0.3) is 6.47 Å². The second-order valence-corrected chi connectivity index (χ2v) is 18.2. The molecular formula is C49H67N9O7. The van der Waals surface area contributed by atoms with Gasteiger partial charge < -0.3 is 49.2 Å². The van der Waals surface area contributed by atoms with E-state index >= 15 is 0 Å². The third-order valence-electron chi connectivity index (χ3n) is 13.1. The van der Waals surface area contributed by atoms with Crippen molar-refractivity contribution in [2.24, 2.45) is 17.3 Å². The number of imidazole rings is 2. The number of likely N-dealkylation sites (tertiary alicyclic amines) is 1. The zero-order chi connectivity index (χ0) is 46.0. The number of rotatable bonds is 14. The highest BCUT2D eigenvalue weighted by atomic mass is 16.5. The molecule has 1 saturated heterocycles. The molecule has 4 unspecified atom stereocenters. The molecule has 0 spiro atoms. The van der Waals surface area contributed by atoms with E-state index in [1.807, 2.05) is 43.1 Å². The number of aromatic nitrogens is 5. The number of fused-ring (bicyclic) bond motifs is 7. The number of carbonyl (C=O) groups is 4. The summed E-state index contributed by atoms with van der Waals surface area (Å²) in [7, 11) is 4.46. The van der Waals surface area contributed by atoms with Crippen LogP contribution in [0.1, 0.15) is 105 Å². The van der Waals surface area contributed by atoms with Gasteiger partial charge in [0.2, 0.25) is 11.8 Å². The van der Waals surface area contributed by atoms with Crippen LogP contribution >= 0.6 is 0 Å². The van der Waals surface area contributed by atoms with Crippen LogP contribution in [0, 0.1) is 17.3 Å². The molecule has 2 fully saturated rings. The van der Waals surface area contributed by atoms with E-state index in [0.29, 0.717) is 19.6 Å². The van der Waals surface area contributed by atoms with Gasteiger partial charge in [-0.05, 0) is 87.2 Å². The van der Waals surface area contributed by atoms with Gasteiger partial charge in [0.05, 0.1) is 67.8 Å². The SMILES string of the molecule is C.CCCN(Cc1ncc(-c2ccc3c(c2)cc2n3C(C)Oc3cc(-c4cnc(C5N(C(=O)[C@@H](NC(=O)OC)C(C)C)[C@@H]6CCC5(C)C6)[nH]4)ccc3-2)[nH]1)C(=O)C(NC)C(C)C.COC=O. The predicted octanol–water partition coefficient (Wildman–Crippen LogP) is 8.23. The fourth-order valence-electron chi connectivity index (χ4n) is 10.0. The van der Waals surface area contributed by atoms with E-state index in [4.69, 9.17) is 19.3 Å². The molecule has 350 valence electrons. The number of carbonyl (C=O) groups excluding carboxylic acids is 4. The Balaban J connectivity index is 0.00000134. The Morgan fingerprint density at radius 1 is 1.00 bits per heavy atom. The van der Waals surface area contributed by atoms with Crippen LogP contribution in [0.25, 0.3) is 44.7 Å². The fourth-order valence-corrected chi connectivity index (χ4v) is 10.0. The van der Waals surface area contributed by atoms with Crippen LogP contribution in [0.3, 0.4) is 0 Å². The number of ether oxygens (including phenoxy) is 3. The number of methoxy groups -OCH3 is 2. The Labute approximate surface area is 382 Å². The fraction of sp³-hybridized carbons (Fsp3) is 0.510. The van der Waals surface area contributed by atoms with Crippen LogP contribution in [0.5, 0.6) is 5.75 Å². The first-order chi connectivity index (χ1) is 30.7. The highest BCUT2D eigenvalue weighted by Crippen LogP contribution is 2.59. The lowest BCUT2D eigenvalue weighted by Gasteiger charge is -2.40. The van der Waals surface area contributed by atoms with E-state index in [-0.39, 0.29) is 60.8 Å². The molecule has 16 heteroatoms. The number of benzene rings is 2. The molecule has 65 heavy (non-hydrogen) atoms. The highest BCUT2D eigenvalue weighted by Gasteiger charge is 2.58. The number of hydrogen-bond acceptors (Lipinski definition) is 10.